The molecule has 0 saturated carbocycles. The van der Waals surface area contributed by atoms with Crippen molar-refractivity contribution in [1.29, 1.82) is 0 Å². The predicted molar refractivity (Wildman–Crippen MR) is 71.3 cm³/mol. The molecule has 1 rings (SSSR count). The fourth-order valence-corrected chi connectivity index (χ4v) is 1.69. The molecular weight excluding hydrogens is 246 g/mol. The summed E-state index contributed by atoms with van der Waals surface area (Å²) in [5.74, 6) is -2.13. The van der Waals surface area contributed by atoms with Crippen LogP contribution in [0.3, 0.4) is 0 Å². The van der Waals surface area contributed by atoms with Gasteiger partial charge in [0, 0.05) is 5.69 Å². The van der Waals surface area contributed by atoms with E-state index in [9.17, 15) is 9.59 Å². The molecule has 0 bridgehead atoms. The molecule has 0 unspecified atom stereocenters. The summed E-state index contributed by atoms with van der Waals surface area (Å²) >= 11 is 0. The fourth-order valence-electron chi connectivity index (χ4n) is 1.69. The Kier molecular flexibility index (Phi) is 5.85. The second-order valence-electron chi connectivity index (χ2n) is 3.96. The first kappa shape index (κ1) is 15.0. The largest absolute Gasteiger partial charge is 0.465 e. The van der Waals surface area contributed by atoms with Crippen molar-refractivity contribution in [2.24, 2.45) is 5.92 Å². The number of carbonyl (C=O) groups is 2. The smallest absolute Gasteiger partial charge is 0.320 e. The maximum absolute atomic E-state index is 11.8. The Morgan fingerprint density at radius 3 is 2.11 bits per heavy atom. The van der Waals surface area contributed by atoms with E-state index in [2.05, 4.69) is 0 Å². The van der Waals surface area contributed by atoms with E-state index in [0.717, 1.165) is 5.56 Å². The molecule has 0 fully saturated rings. The maximum Gasteiger partial charge on any atom is 0.320 e. The average molecular weight is 265 g/mol. The minimum Gasteiger partial charge on any atom is -0.465 e. The van der Waals surface area contributed by atoms with Crippen LogP contribution in [-0.2, 0) is 25.5 Å². The van der Waals surface area contributed by atoms with Crippen molar-refractivity contribution in [1.82, 2.24) is 0 Å². The summed E-state index contributed by atoms with van der Waals surface area (Å²) < 4.78 is 9.81. The first-order chi connectivity index (χ1) is 9.10. The van der Waals surface area contributed by atoms with E-state index in [1.54, 1.807) is 38.1 Å². The number of ether oxygens (including phenoxy) is 2. The molecule has 0 aliphatic carbocycles. The molecule has 5 nitrogen and oxygen atoms in total. The van der Waals surface area contributed by atoms with Crippen LogP contribution in [0.1, 0.15) is 19.4 Å². The molecule has 0 atom stereocenters. The summed E-state index contributed by atoms with van der Waals surface area (Å²) in [5.41, 5.74) is 7.09. The Morgan fingerprint density at radius 1 is 1.11 bits per heavy atom. The third-order valence-electron chi connectivity index (χ3n) is 2.62. The molecule has 0 amide bonds. The second-order valence-corrected chi connectivity index (χ2v) is 3.96. The van der Waals surface area contributed by atoms with E-state index in [0.29, 0.717) is 5.69 Å². The molecular formula is C14H19NO4. The number of nitrogen functional groups attached to an aromatic ring is 1. The summed E-state index contributed by atoms with van der Waals surface area (Å²) in [6, 6.07) is 7.10. The highest BCUT2D eigenvalue weighted by molar-refractivity contribution is 5.95. The summed E-state index contributed by atoms with van der Waals surface area (Å²) in [6.07, 6.45) is 0.185. The van der Waals surface area contributed by atoms with Gasteiger partial charge in [-0.25, -0.2) is 0 Å². The van der Waals surface area contributed by atoms with E-state index in [1.807, 2.05) is 0 Å². The Balaban J connectivity index is 2.88. The Morgan fingerprint density at radius 2 is 1.63 bits per heavy atom. The van der Waals surface area contributed by atoms with Crippen LogP contribution in [0, 0.1) is 5.92 Å². The maximum atomic E-state index is 11.8. The lowest BCUT2D eigenvalue weighted by Crippen LogP contribution is -2.30. The molecule has 19 heavy (non-hydrogen) atoms. The van der Waals surface area contributed by atoms with Crippen molar-refractivity contribution in [3.63, 3.8) is 0 Å². The van der Waals surface area contributed by atoms with Gasteiger partial charge in [-0.3, -0.25) is 9.59 Å². The first-order valence-electron chi connectivity index (χ1n) is 6.26. The minimum absolute atomic E-state index is 0.185. The SMILES string of the molecule is CCOC(=O)C(Cc1ccccc1N)C(=O)OCC. The van der Waals surface area contributed by atoms with Gasteiger partial charge in [-0.2, -0.15) is 0 Å². The molecule has 0 aliphatic heterocycles. The molecule has 0 heterocycles. The number of hydrogen-bond donors (Lipinski definition) is 1. The van der Waals surface area contributed by atoms with E-state index in [-0.39, 0.29) is 19.6 Å². The molecule has 0 radical (unpaired) electrons. The number of rotatable bonds is 6. The quantitative estimate of drug-likeness (QED) is 0.479. The Hall–Kier alpha value is -2.04. The summed E-state index contributed by atoms with van der Waals surface area (Å²) in [7, 11) is 0. The standard InChI is InChI=1S/C14H19NO4/c1-3-18-13(16)11(14(17)19-4-2)9-10-7-5-6-8-12(10)15/h5-8,11H,3-4,9,15H2,1-2H3. The van der Waals surface area contributed by atoms with Crippen molar-refractivity contribution in [2.75, 3.05) is 18.9 Å². The molecule has 1 aromatic carbocycles. The normalized spacial score (nSPS) is 10.3. The van der Waals surface area contributed by atoms with E-state index in [1.165, 1.54) is 0 Å². The molecule has 0 spiro atoms. The fraction of sp³-hybridized carbons (Fsp3) is 0.429. The highest BCUT2D eigenvalue weighted by atomic mass is 16.6. The number of esters is 2. The zero-order chi connectivity index (χ0) is 14.3. The van der Waals surface area contributed by atoms with Crippen LogP contribution in [0.2, 0.25) is 0 Å². The monoisotopic (exact) mass is 265 g/mol. The van der Waals surface area contributed by atoms with Crippen molar-refractivity contribution in [3.8, 4) is 0 Å². The number of anilines is 1. The molecule has 0 saturated heterocycles. The van der Waals surface area contributed by atoms with Crippen LogP contribution in [0.5, 0.6) is 0 Å². The molecule has 5 heteroatoms. The number of carbonyl (C=O) groups excluding carboxylic acids is 2. The summed E-state index contributed by atoms with van der Waals surface area (Å²) in [6.45, 7) is 3.83. The summed E-state index contributed by atoms with van der Waals surface area (Å²) in [4.78, 5) is 23.6. The average Bonchev–Trinajstić information content (AvgIpc) is 2.38. The molecule has 0 aromatic heterocycles. The van der Waals surface area contributed by atoms with Crippen LogP contribution < -0.4 is 5.73 Å². The number of hydrogen-bond acceptors (Lipinski definition) is 5. The Bertz CT molecular complexity index is 427. The van der Waals surface area contributed by atoms with Gasteiger partial charge in [0.25, 0.3) is 0 Å². The van der Waals surface area contributed by atoms with Gasteiger partial charge < -0.3 is 15.2 Å². The van der Waals surface area contributed by atoms with Gasteiger partial charge in [0.2, 0.25) is 0 Å². The van der Waals surface area contributed by atoms with E-state index < -0.39 is 17.9 Å². The van der Waals surface area contributed by atoms with Crippen LogP contribution in [0.4, 0.5) is 5.69 Å². The lowest BCUT2D eigenvalue weighted by molar-refractivity contribution is -0.161. The van der Waals surface area contributed by atoms with Gasteiger partial charge in [-0.15, -0.1) is 0 Å². The first-order valence-corrected chi connectivity index (χ1v) is 6.26. The molecule has 1 aromatic rings. The third kappa shape index (κ3) is 4.28. The molecule has 2 N–H and O–H groups in total. The van der Waals surface area contributed by atoms with Crippen molar-refractivity contribution >= 4 is 17.6 Å². The highest BCUT2D eigenvalue weighted by Crippen LogP contribution is 2.18. The van der Waals surface area contributed by atoms with Crippen molar-refractivity contribution in [3.05, 3.63) is 29.8 Å². The Labute approximate surface area is 112 Å². The number of nitrogens with two attached hydrogens (primary N) is 1. The van der Waals surface area contributed by atoms with E-state index >= 15 is 0 Å². The van der Waals surface area contributed by atoms with Gasteiger partial charge >= 0.3 is 11.9 Å². The molecule has 0 aliphatic rings. The zero-order valence-corrected chi connectivity index (χ0v) is 11.2. The molecule has 104 valence electrons. The van der Waals surface area contributed by atoms with Crippen molar-refractivity contribution in [2.45, 2.75) is 20.3 Å². The van der Waals surface area contributed by atoms with Crippen molar-refractivity contribution < 1.29 is 19.1 Å². The van der Waals surface area contributed by atoms with Gasteiger partial charge in [-0.1, -0.05) is 18.2 Å². The van der Waals surface area contributed by atoms with Gasteiger partial charge in [-0.05, 0) is 31.9 Å². The number of benzene rings is 1. The zero-order valence-electron chi connectivity index (χ0n) is 11.2. The summed E-state index contributed by atoms with van der Waals surface area (Å²) in [5, 5.41) is 0. The van der Waals surface area contributed by atoms with Gasteiger partial charge in [0.15, 0.2) is 5.92 Å². The lowest BCUT2D eigenvalue weighted by atomic mass is 9.98. The second kappa shape index (κ2) is 7.41. The predicted octanol–water partition coefficient (Wildman–Crippen LogP) is 1.55. The van der Waals surface area contributed by atoms with E-state index in [4.69, 9.17) is 15.2 Å². The van der Waals surface area contributed by atoms with Gasteiger partial charge in [0.1, 0.15) is 0 Å². The van der Waals surface area contributed by atoms with Crippen LogP contribution in [0.25, 0.3) is 0 Å². The third-order valence-corrected chi connectivity index (χ3v) is 2.62. The van der Waals surface area contributed by atoms with Crippen LogP contribution in [-0.4, -0.2) is 25.2 Å². The topological polar surface area (TPSA) is 78.6 Å². The number of para-hydroxylation sites is 1. The highest BCUT2D eigenvalue weighted by Gasteiger charge is 2.30. The van der Waals surface area contributed by atoms with Crippen LogP contribution >= 0.6 is 0 Å². The lowest BCUT2D eigenvalue weighted by Gasteiger charge is -2.15. The minimum atomic E-state index is -0.968. The van der Waals surface area contributed by atoms with Crippen LogP contribution in [0.15, 0.2) is 24.3 Å². The van der Waals surface area contributed by atoms with Gasteiger partial charge in [0.05, 0.1) is 13.2 Å².